The number of para-hydroxylation sites is 2. The maximum atomic E-state index is 5.96. The van der Waals surface area contributed by atoms with E-state index < -0.39 is 0 Å². The van der Waals surface area contributed by atoms with Gasteiger partial charge in [-0.15, -0.1) is 0 Å². The molecule has 4 nitrogen and oxygen atoms in total. The first-order valence-corrected chi connectivity index (χ1v) is 6.56. The van der Waals surface area contributed by atoms with Gasteiger partial charge in [-0.1, -0.05) is 37.3 Å². The molecule has 0 fully saturated rings. The summed E-state index contributed by atoms with van der Waals surface area (Å²) < 4.78 is 5.96. The molecule has 0 unspecified atom stereocenters. The third-order valence-electron chi connectivity index (χ3n) is 3.15. The number of benzene rings is 2. The lowest BCUT2D eigenvalue weighted by atomic mass is 10.1. The van der Waals surface area contributed by atoms with E-state index in [1.165, 1.54) is 0 Å². The monoisotopic (exact) mass is 265 g/mol. The molecular formula is C16H15N3O. The van der Waals surface area contributed by atoms with Crippen LogP contribution >= 0.6 is 0 Å². The number of fused-ring (bicyclic) bond motifs is 1. The number of rotatable bonds is 3. The van der Waals surface area contributed by atoms with Crippen molar-refractivity contribution in [3.8, 4) is 11.6 Å². The van der Waals surface area contributed by atoms with Gasteiger partial charge in [0.2, 0.25) is 11.8 Å². The van der Waals surface area contributed by atoms with Crippen molar-refractivity contribution in [1.82, 2.24) is 9.97 Å². The Bertz CT molecular complexity index is 756. The molecule has 0 bridgehead atoms. The normalized spacial score (nSPS) is 10.7. The van der Waals surface area contributed by atoms with Crippen LogP contribution < -0.4 is 10.5 Å². The van der Waals surface area contributed by atoms with Crippen LogP contribution in [-0.2, 0) is 6.42 Å². The summed E-state index contributed by atoms with van der Waals surface area (Å²) in [6.07, 6.45) is 0.897. The Labute approximate surface area is 117 Å². The molecular weight excluding hydrogens is 250 g/mol. The largest absolute Gasteiger partial charge is 0.438 e. The Kier molecular flexibility index (Phi) is 3.21. The van der Waals surface area contributed by atoms with Crippen LogP contribution in [0, 0.1) is 0 Å². The van der Waals surface area contributed by atoms with Crippen molar-refractivity contribution in [2.24, 2.45) is 0 Å². The number of nitrogen functional groups attached to an aromatic ring is 1. The molecule has 0 aliphatic rings. The predicted octanol–water partition coefficient (Wildman–Crippen LogP) is 3.57. The second-order valence-corrected chi connectivity index (χ2v) is 4.47. The maximum Gasteiger partial charge on any atom is 0.231 e. The Hall–Kier alpha value is -2.62. The van der Waals surface area contributed by atoms with Crippen molar-refractivity contribution in [3.05, 3.63) is 54.1 Å². The molecule has 0 saturated heterocycles. The molecule has 3 rings (SSSR count). The van der Waals surface area contributed by atoms with Gasteiger partial charge in [0.1, 0.15) is 5.75 Å². The van der Waals surface area contributed by atoms with Gasteiger partial charge in [0.25, 0.3) is 0 Å². The number of nitrogens with zero attached hydrogens (tertiary/aromatic N) is 2. The third kappa shape index (κ3) is 2.28. The van der Waals surface area contributed by atoms with E-state index in [-0.39, 0.29) is 5.95 Å². The topological polar surface area (TPSA) is 61.0 Å². The molecule has 2 aromatic carbocycles. The Morgan fingerprint density at radius 3 is 2.60 bits per heavy atom. The molecule has 3 aromatic rings. The zero-order valence-corrected chi connectivity index (χ0v) is 11.2. The van der Waals surface area contributed by atoms with Crippen LogP contribution in [0.15, 0.2) is 48.5 Å². The molecule has 0 amide bonds. The van der Waals surface area contributed by atoms with Gasteiger partial charge in [-0.3, -0.25) is 0 Å². The smallest absolute Gasteiger partial charge is 0.231 e. The Balaban J connectivity index is 2.10. The highest BCUT2D eigenvalue weighted by Crippen LogP contribution is 2.29. The molecule has 0 spiro atoms. The van der Waals surface area contributed by atoms with E-state index in [0.29, 0.717) is 5.88 Å². The first-order valence-electron chi connectivity index (χ1n) is 6.56. The van der Waals surface area contributed by atoms with Gasteiger partial charge in [-0.05, 0) is 30.2 Å². The van der Waals surface area contributed by atoms with Gasteiger partial charge >= 0.3 is 0 Å². The van der Waals surface area contributed by atoms with E-state index in [4.69, 9.17) is 10.5 Å². The number of ether oxygens (including phenoxy) is 1. The van der Waals surface area contributed by atoms with E-state index in [0.717, 1.165) is 28.6 Å². The van der Waals surface area contributed by atoms with Crippen LogP contribution in [0.2, 0.25) is 0 Å². The summed E-state index contributed by atoms with van der Waals surface area (Å²) in [5.74, 6) is 1.51. The van der Waals surface area contributed by atoms with Gasteiger partial charge in [0.05, 0.1) is 10.9 Å². The third-order valence-corrected chi connectivity index (χ3v) is 3.15. The SMILES string of the molecule is CCc1ccccc1Oc1nc(N)nc2ccccc12. The van der Waals surface area contributed by atoms with Crippen LogP contribution in [-0.4, -0.2) is 9.97 Å². The minimum atomic E-state index is 0.215. The Morgan fingerprint density at radius 2 is 1.75 bits per heavy atom. The van der Waals surface area contributed by atoms with Crippen LogP contribution in [0.1, 0.15) is 12.5 Å². The Morgan fingerprint density at radius 1 is 1.00 bits per heavy atom. The molecule has 4 heteroatoms. The maximum absolute atomic E-state index is 5.96. The van der Waals surface area contributed by atoms with E-state index in [2.05, 4.69) is 16.9 Å². The summed E-state index contributed by atoms with van der Waals surface area (Å²) >= 11 is 0. The highest BCUT2D eigenvalue weighted by Gasteiger charge is 2.09. The second kappa shape index (κ2) is 5.17. The van der Waals surface area contributed by atoms with Crippen molar-refractivity contribution in [2.45, 2.75) is 13.3 Å². The zero-order chi connectivity index (χ0) is 13.9. The summed E-state index contributed by atoms with van der Waals surface area (Å²) in [6, 6.07) is 15.6. The number of anilines is 1. The highest BCUT2D eigenvalue weighted by molar-refractivity contribution is 5.84. The van der Waals surface area contributed by atoms with Crippen LogP contribution in [0.25, 0.3) is 10.9 Å². The summed E-state index contributed by atoms with van der Waals surface area (Å²) in [7, 11) is 0. The van der Waals surface area contributed by atoms with Crippen LogP contribution in [0.5, 0.6) is 11.6 Å². The predicted molar refractivity (Wildman–Crippen MR) is 79.8 cm³/mol. The van der Waals surface area contributed by atoms with Crippen molar-refractivity contribution in [1.29, 1.82) is 0 Å². The average molecular weight is 265 g/mol. The van der Waals surface area contributed by atoms with Gasteiger partial charge in [-0.25, -0.2) is 4.98 Å². The van der Waals surface area contributed by atoms with Crippen molar-refractivity contribution in [3.63, 3.8) is 0 Å². The number of aromatic nitrogens is 2. The van der Waals surface area contributed by atoms with E-state index >= 15 is 0 Å². The number of aryl methyl sites for hydroxylation is 1. The standard InChI is InChI=1S/C16H15N3O/c1-2-11-7-3-6-10-14(11)20-15-12-8-4-5-9-13(12)18-16(17)19-15/h3-10H,2H2,1H3,(H2,17,18,19). The van der Waals surface area contributed by atoms with Gasteiger partial charge in [-0.2, -0.15) is 4.98 Å². The number of hydrogen-bond donors (Lipinski definition) is 1. The van der Waals surface area contributed by atoms with E-state index in [1.54, 1.807) is 0 Å². The molecule has 1 aromatic heterocycles. The quantitative estimate of drug-likeness (QED) is 0.786. The molecule has 0 saturated carbocycles. The molecule has 0 aliphatic carbocycles. The van der Waals surface area contributed by atoms with Crippen molar-refractivity contribution >= 4 is 16.9 Å². The molecule has 0 atom stereocenters. The van der Waals surface area contributed by atoms with E-state index in [9.17, 15) is 0 Å². The average Bonchev–Trinajstić information content (AvgIpc) is 2.47. The summed E-state index contributed by atoms with van der Waals surface area (Å²) in [5.41, 5.74) is 7.66. The molecule has 1 heterocycles. The van der Waals surface area contributed by atoms with Gasteiger partial charge < -0.3 is 10.5 Å². The highest BCUT2D eigenvalue weighted by atomic mass is 16.5. The van der Waals surface area contributed by atoms with Gasteiger partial charge in [0.15, 0.2) is 0 Å². The minimum Gasteiger partial charge on any atom is -0.438 e. The fourth-order valence-corrected chi connectivity index (χ4v) is 2.14. The zero-order valence-electron chi connectivity index (χ0n) is 11.2. The first kappa shape index (κ1) is 12.4. The number of hydrogen-bond acceptors (Lipinski definition) is 4. The fourth-order valence-electron chi connectivity index (χ4n) is 2.14. The van der Waals surface area contributed by atoms with Crippen LogP contribution in [0.3, 0.4) is 0 Å². The first-order chi connectivity index (χ1) is 9.78. The molecule has 2 N–H and O–H groups in total. The lowest BCUT2D eigenvalue weighted by Crippen LogP contribution is -1.99. The fraction of sp³-hybridized carbons (Fsp3) is 0.125. The van der Waals surface area contributed by atoms with E-state index in [1.807, 2.05) is 48.5 Å². The molecule has 0 aliphatic heterocycles. The summed E-state index contributed by atoms with van der Waals surface area (Å²) in [6.45, 7) is 2.09. The molecule has 20 heavy (non-hydrogen) atoms. The van der Waals surface area contributed by atoms with Gasteiger partial charge in [0, 0.05) is 0 Å². The lowest BCUT2D eigenvalue weighted by Gasteiger charge is -2.11. The van der Waals surface area contributed by atoms with Crippen molar-refractivity contribution < 1.29 is 4.74 Å². The second-order valence-electron chi connectivity index (χ2n) is 4.47. The summed E-state index contributed by atoms with van der Waals surface area (Å²) in [4.78, 5) is 8.42. The minimum absolute atomic E-state index is 0.215. The lowest BCUT2D eigenvalue weighted by molar-refractivity contribution is 0.464. The summed E-state index contributed by atoms with van der Waals surface area (Å²) in [5, 5.41) is 0.854. The van der Waals surface area contributed by atoms with Crippen LogP contribution in [0.4, 0.5) is 5.95 Å². The molecule has 100 valence electrons. The number of nitrogens with two attached hydrogens (primary N) is 1. The van der Waals surface area contributed by atoms with Crippen molar-refractivity contribution in [2.75, 3.05) is 5.73 Å². The molecule has 0 radical (unpaired) electrons.